The second-order valence-corrected chi connectivity index (χ2v) is 3.70. The summed E-state index contributed by atoms with van der Waals surface area (Å²) in [5.74, 6) is -0.0382. The third-order valence-electron chi connectivity index (χ3n) is 2.14. The molecule has 4 heteroatoms. The predicted octanol–water partition coefficient (Wildman–Crippen LogP) is 2.19. The average Bonchev–Trinajstić information content (AvgIpc) is 2.16. The molecule has 1 aromatic carbocycles. The summed E-state index contributed by atoms with van der Waals surface area (Å²) in [6.07, 6.45) is 0. The summed E-state index contributed by atoms with van der Waals surface area (Å²) >= 11 is 5.91. The molecule has 2 rings (SSSR count). The molecule has 1 heterocycles. The molecular weight excluding hydrogens is 200 g/mol. The fourth-order valence-corrected chi connectivity index (χ4v) is 1.66. The van der Waals surface area contributed by atoms with Gasteiger partial charge in [0.1, 0.15) is 5.50 Å². The van der Waals surface area contributed by atoms with Gasteiger partial charge in [0, 0.05) is 0 Å². The lowest BCUT2D eigenvalue weighted by molar-refractivity contribution is -0.115. The van der Waals surface area contributed by atoms with Crippen LogP contribution >= 0.6 is 11.6 Å². The topological polar surface area (TPSA) is 32.3 Å². The number of carbonyl (C=O) groups excluding carboxylic acids is 1. The maximum Gasteiger partial charge on any atom is 0.244 e. The highest BCUT2D eigenvalue weighted by atomic mass is 35.5. The normalized spacial score (nSPS) is 15.4. The van der Waals surface area contributed by atoms with Crippen LogP contribution in [-0.2, 0) is 4.79 Å². The maximum atomic E-state index is 11.3. The van der Waals surface area contributed by atoms with Crippen molar-refractivity contribution in [2.45, 2.75) is 6.92 Å². The van der Waals surface area contributed by atoms with Gasteiger partial charge in [0.05, 0.1) is 17.9 Å². The Morgan fingerprint density at radius 1 is 1.50 bits per heavy atom. The van der Waals surface area contributed by atoms with E-state index in [-0.39, 0.29) is 12.5 Å². The first kappa shape index (κ1) is 9.34. The van der Waals surface area contributed by atoms with Crippen LogP contribution in [-0.4, -0.2) is 12.5 Å². The third-order valence-corrected chi connectivity index (χ3v) is 2.35. The Labute approximate surface area is 87.7 Å². The van der Waals surface area contributed by atoms with Crippen molar-refractivity contribution in [2.24, 2.45) is 0 Å². The summed E-state index contributed by atoms with van der Waals surface area (Å²) in [6, 6.07) is 7.59. The van der Waals surface area contributed by atoms with E-state index in [9.17, 15) is 4.79 Å². The molecule has 0 fully saturated rings. The summed E-state index contributed by atoms with van der Waals surface area (Å²) in [5.41, 5.74) is 2.36. The van der Waals surface area contributed by atoms with E-state index >= 15 is 0 Å². The number of rotatable bonds is 1. The number of anilines is 2. The molecule has 1 radical (unpaired) electrons. The molecule has 0 saturated heterocycles. The summed E-state index contributed by atoms with van der Waals surface area (Å²) in [4.78, 5) is 13.1. The highest BCUT2D eigenvalue weighted by Crippen LogP contribution is 2.33. The predicted molar refractivity (Wildman–Crippen MR) is 57.2 cm³/mol. The van der Waals surface area contributed by atoms with Crippen LogP contribution in [0.25, 0.3) is 0 Å². The van der Waals surface area contributed by atoms with Crippen molar-refractivity contribution in [1.82, 2.24) is 0 Å². The number of halogens is 1. The molecule has 73 valence electrons. The van der Waals surface area contributed by atoms with Gasteiger partial charge < -0.3 is 10.2 Å². The highest BCUT2D eigenvalue weighted by Gasteiger charge is 2.24. The van der Waals surface area contributed by atoms with E-state index < -0.39 is 0 Å². The number of para-hydroxylation sites is 2. The van der Waals surface area contributed by atoms with Gasteiger partial charge in [-0.15, -0.1) is 0 Å². The van der Waals surface area contributed by atoms with Crippen molar-refractivity contribution >= 4 is 28.9 Å². The van der Waals surface area contributed by atoms with Crippen molar-refractivity contribution in [2.75, 3.05) is 16.8 Å². The first-order valence-electron chi connectivity index (χ1n) is 4.34. The van der Waals surface area contributed by atoms with Crippen LogP contribution in [0.3, 0.4) is 0 Å². The van der Waals surface area contributed by atoms with E-state index in [1.54, 1.807) is 11.8 Å². The molecule has 0 aliphatic carbocycles. The SMILES string of the molecule is C[C](Cl)N1CC(=O)Nc2ccccc21. The Kier molecular flexibility index (Phi) is 2.33. The van der Waals surface area contributed by atoms with Crippen molar-refractivity contribution in [3.63, 3.8) is 0 Å². The minimum Gasteiger partial charge on any atom is -0.339 e. The van der Waals surface area contributed by atoms with Gasteiger partial charge in [0.2, 0.25) is 5.91 Å². The maximum absolute atomic E-state index is 11.3. The van der Waals surface area contributed by atoms with E-state index in [1.807, 2.05) is 24.3 Å². The summed E-state index contributed by atoms with van der Waals surface area (Å²) in [7, 11) is 0. The number of amides is 1. The first-order chi connectivity index (χ1) is 6.68. The van der Waals surface area contributed by atoms with Crippen molar-refractivity contribution in [3.8, 4) is 0 Å². The number of carbonyl (C=O) groups is 1. The quantitative estimate of drug-likeness (QED) is 0.720. The van der Waals surface area contributed by atoms with Crippen LogP contribution in [0, 0.1) is 5.50 Å². The molecule has 1 aliphatic heterocycles. The standard InChI is InChI=1S/C10H10ClN2O/c1-7(11)13-6-10(14)12-8-4-2-3-5-9(8)13/h2-5H,6H2,1H3,(H,12,14). The van der Waals surface area contributed by atoms with Crippen LogP contribution in [0.1, 0.15) is 6.92 Å². The largest absolute Gasteiger partial charge is 0.339 e. The van der Waals surface area contributed by atoms with E-state index in [1.165, 1.54) is 0 Å². The monoisotopic (exact) mass is 209 g/mol. The first-order valence-corrected chi connectivity index (χ1v) is 4.72. The van der Waals surface area contributed by atoms with Gasteiger partial charge >= 0.3 is 0 Å². The molecule has 0 bridgehead atoms. The molecule has 1 amide bonds. The van der Waals surface area contributed by atoms with Gasteiger partial charge in [0.15, 0.2) is 0 Å². The molecule has 1 N–H and O–H groups in total. The molecule has 0 saturated carbocycles. The fraction of sp³-hybridized carbons (Fsp3) is 0.200. The molecule has 0 aromatic heterocycles. The lowest BCUT2D eigenvalue weighted by atomic mass is 10.2. The fourth-order valence-electron chi connectivity index (χ4n) is 1.51. The van der Waals surface area contributed by atoms with Gasteiger partial charge in [-0.05, 0) is 19.1 Å². The Morgan fingerprint density at radius 3 is 2.93 bits per heavy atom. The van der Waals surface area contributed by atoms with Gasteiger partial charge in [0.25, 0.3) is 0 Å². The van der Waals surface area contributed by atoms with E-state index in [4.69, 9.17) is 11.6 Å². The van der Waals surface area contributed by atoms with Crippen LogP contribution in [0.5, 0.6) is 0 Å². The van der Waals surface area contributed by atoms with Crippen LogP contribution in [0.2, 0.25) is 0 Å². The Bertz CT molecular complexity index is 365. The van der Waals surface area contributed by atoms with Crippen LogP contribution in [0.4, 0.5) is 11.4 Å². The molecule has 0 unspecified atom stereocenters. The number of hydrogen-bond donors (Lipinski definition) is 1. The van der Waals surface area contributed by atoms with Crippen LogP contribution in [0.15, 0.2) is 24.3 Å². The van der Waals surface area contributed by atoms with Gasteiger partial charge in [-0.3, -0.25) is 4.79 Å². The summed E-state index contributed by atoms with van der Waals surface area (Å²) < 4.78 is 0. The third kappa shape index (κ3) is 1.55. The van der Waals surface area contributed by atoms with Crippen molar-refractivity contribution in [1.29, 1.82) is 0 Å². The Balaban J connectivity index is 2.43. The zero-order valence-corrected chi connectivity index (χ0v) is 8.51. The zero-order chi connectivity index (χ0) is 10.1. The minimum atomic E-state index is -0.0382. The van der Waals surface area contributed by atoms with E-state index in [0.717, 1.165) is 11.4 Å². The number of nitrogens with zero attached hydrogens (tertiary/aromatic N) is 1. The molecule has 3 nitrogen and oxygen atoms in total. The zero-order valence-electron chi connectivity index (χ0n) is 7.75. The number of nitrogens with one attached hydrogen (secondary N) is 1. The Morgan fingerprint density at radius 2 is 2.21 bits per heavy atom. The number of benzene rings is 1. The second kappa shape index (κ2) is 3.50. The molecule has 0 spiro atoms. The smallest absolute Gasteiger partial charge is 0.244 e. The van der Waals surface area contributed by atoms with Gasteiger partial charge in [-0.1, -0.05) is 23.7 Å². The highest BCUT2D eigenvalue weighted by molar-refractivity contribution is 6.28. The van der Waals surface area contributed by atoms with E-state index in [0.29, 0.717) is 5.50 Å². The lowest BCUT2D eigenvalue weighted by Gasteiger charge is -2.31. The molecular formula is C10H10ClN2O. The van der Waals surface area contributed by atoms with E-state index in [2.05, 4.69) is 5.32 Å². The minimum absolute atomic E-state index is 0.0382. The van der Waals surface area contributed by atoms with Crippen molar-refractivity contribution in [3.05, 3.63) is 29.8 Å². The second-order valence-electron chi connectivity index (χ2n) is 3.15. The van der Waals surface area contributed by atoms with Gasteiger partial charge in [-0.2, -0.15) is 0 Å². The molecule has 1 aliphatic rings. The lowest BCUT2D eigenvalue weighted by Crippen LogP contribution is -2.38. The van der Waals surface area contributed by atoms with Crippen molar-refractivity contribution < 1.29 is 4.79 Å². The molecule has 14 heavy (non-hydrogen) atoms. The van der Waals surface area contributed by atoms with Crippen LogP contribution < -0.4 is 10.2 Å². The molecule has 1 aromatic rings. The number of hydrogen-bond acceptors (Lipinski definition) is 2. The summed E-state index contributed by atoms with van der Waals surface area (Å²) in [5, 5.41) is 2.79. The van der Waals surface area contributed by atoms with Gasteiger partial charge in [-0.25, -0.2) is 0 Å². The summed E-state index contributed by atoms with van der Waals surface area (Å²) in [6.45, 7) is 2.06. The Hall–Kier alpha value is -1.22. The average molecular weight is 210 g/mol. The molecule has 0 atom stereocenters. The number of fused-ring (bicyclic) bond motifs is 1.